The number of allylic oxidation sites excluding steroid dienone is 1. The Morgan fingerprint density at radius 2 is 1.72 bits per heavy atom. The first kappa shape index (κ1) is 20.2. The summed E-state index contributed by atoms with van der Waals surface area (Å²) in [5.74, 6) is 2.44. The zero-order chi connectivity index (χ0) is 20.8. The van der Waals surface area contributed by atoms with Crippen molar-refractivity contribution in [2.45, 2.75) is 0 Å². The summed E-state index contributed by atoms with van der Waals surface area (Å²) in [7, 11) is 6.33. The van der Waals surface area contributed by atoms with Crippen LogP contribution in [0.25, 0.3) is 22.9 Å². The fourth-order valence-corrected chi connectivity index (χ4v) is 3.64. The number of para-hydroxylation sites is 1. The second kappa shape index (κ2) is 9.13. The van der Waals surface area contributed by atoms with Gasteiger partial charge in [-0.2, -0.15) is 5.26 Å². The molecule has 0 aliphatic carbocycles. The summed E-state index contributed by atoms with van der Waals surface area (Å²) in [6, 6.07) is 13.3. The van der Waals surface area contributed by atoms with Gasteiger partial charge in [-0.1, -0.05) is 12.1 Å². The lowest BCUT2D eigenvalue weighted by atomic mass is 10.1. The van der Waals surface area contributed by atoms with Crippen LogP contribution < -0.4 is 18.9 Å². The van der Waals surface area contributed by atoms with Gasteiger partial charge in [-0.3, -0.25) is 0 Å². The van der Waals surface area contributed by atoms with Crippen LogP contribution in [0.15, 0.2) is 41.8 Å². The molecule has 0 aliphatic heterocycles. The molecule has 0 radical (unpaired) electrons. The zero-order valence-corrected chi connectivity index (χ0v) is 17.4. The average molecular weight is 408 g/mol. The molecule has 1 aromatic heterocycles. The molecule has 0 amide bonds. The Labute approximate surface area is 173 Å². The fourth-order valence-electron chi connectivity index (χ4n) is 2.85. The normalized spacial score (nSPS) is 10.9. The van der Waals surface area contributed by atoms with Gasteiger partial charge >= 0.3 is 0 Å². The molecular formula is C22H20N2O4S. The molecule has 7 heteroatoms. The maximum absolute atomic E-state index is 9.70. The molecule has 0 unspecified atom stereocenters. The number of nitrogens with zero attached hydrogens (tertiary/aromatic N) is 2. The molecular weight excluding hydrogens is 388 g/mol. The Balaban J connectivity index is 1.99. The number of methoxy groups -OCH3 is 4. The van der Waals surface area contributed by atoms with Crippen LogP contribution in [0, 0.1) is 11.3 Å². The van der Waals surface area contributed by atoms with Gasteiger partial charge in [0.15, 0.2) is 23.0 Å². The van der Waals surface area contributed by atoms with Gasteiger partial charge in [0.05, 0.1) is 39.7 Å². The Kier molecular flexibility index (Phi) is 6.37. The van der Waals surface area contributed by atoms with Gasteiger partial charge in [0.25, 0.3) is 0 Å². The largest absolute Gasteiger partial charge is 0.493 e. The summed E-state index contributed by atoms with van der Waals surface area (Å²) in [6.45, 7) is 0. The Hall–Kier alpha value is -3.50. The van der Waals surface area contributed by atoms with E-state index in [-0.39, 0.29) is 0 Å². The van der Waals surface area contributed by atoms with E-state index in [2.05, 4.69) is 11.1 Å². The first-order valence-electron chi connectivity index (χ1n) is 8.66. The zero-order valence-electron chi connectivity index (χ0n) is 16.6. The van der Waals surface area contributed by atoms with Crippen molar-refractivity contribution in [2.24, 2.45) is 0 Å². The van der Waals surface area contributed by atoms with Crippen LogP contribution in [0.4, 0.5) is 0 Å². The predicted molar refractivity (Wildman–Crippen MR) is 114 cm³/mol. The maximum Gasteiger partial charge on any atom is 0.167 e. The van der Waals surface area contributed by atoms with E-state index in [0.717, 1.165) is 16.8 Å². The Morgan fingerprint density at radius 1 is 0.966 bits per heavy atom. The summed E-state index contributed by atoms with van der Waals surface area (Å²) in [5.41, 5.74) is 2.81. The Bertz CT molecular complexity index is 1080. The lowest BCUT2D eigenvalue weighted by Gasteiger charge is -2.10. The number of nitriles is 1. The number of ether oxygens (including phenoxy) is 4. The van der Waals surface area contributed by atoms with Gasteiger partial charge in [-0.25, -0.2) is 4.98 Å². The van der Waals surface area contributed by atoms with Gasteiger partial charge in [-0.05, 0) is 30.3 Å². The first-order chi connectivity index (χ1) is 14.1. The predicted octanol–water partition coefficient (Wildman–Crippen LogP) is 4.91. The minimum atomic E-state index is 0.438. The molecule has 0 N–H and O–H groups in total. The highest BCUT2D eigenvalue weighted by Gasteiger charge is 2.14. The molecule has 0 fully saturated rings. The van der Waals surface area contributed by atoms with E-state index in [1.54, 1.807) is 40.6 Å². The van der Waals surface area contributed by atoms with Crippen molar-refractivity contribution in [1.29, 1.82) is 5.26 Å². The molecule has 2 aromatic carbocycles. The van der Waals surface area contributed by atoms with E-state index >= 15 is 0 Å². The van der Waals surface area contributed by atoms with Crippen LogP contribution in [-0.4, -0.2) is 33.4 Å². The fraction of sp³-hybridized carbons (Fsp3) is 0.182. The molecule has 1 heterocycles. The van der Waals surface area contributed by atoms with Crippen molar-refractivity contribution in [3.8, 4) is 40.3 Å². The van der Waals surface area contributed by atoms with Crippen LogP contribution in [0.3, 0.4) is 0 Å². The minimum Gasteiger partial charge on any atom is -0.493 e. The SMILES string of the molecule is COc1ccc(-c2csc(C(C#N)=Cc3cccc(OC)c3OC)n2)cc1OC. The molecule has 6 nitrogen and oxygen atoms in total. The van der Waals surface area contributed by atoms with Gasteiger partial charge in [0, 0.05) is 16.5 Å². The van der Waals surface area contributed by atoms with Crippen molar-refractivity contribution in [3.63, 3.8) is 0 Å². The summed E-state index contributed by atoms with van der Waals surface area (Å²) < 4.78 is 21.4. The molecule has 0 saturated carbocycles. The number of aromatic nitrogens is 1. The highest BCUT2D eigenvalue weighted by molar-refractivity contribution is 7.11. The molecule has 3 aromatic rings. The summed E-state index contributed by atoms with van der Waals surface area (Å²) >= 11 is 1.40. The number of hydrogen-bond donors (Lipinski definition) is 0. The lowest BCUT2D eigenvalue weighted by Crippen LogP contribution is -1.93. The van der Waals surface area contributed by atoms with Crippen LogP contribution >= 0.6 is 11.3 Å². The summed E-state index contributed by atoms with van der Waals surface area (Å²) in [5, 5.41) is 12.2. The Morgan fingerprint density at radius 3 is 2.38 bits per heavy atom. The summed E-state index contributed by atoms with van der Waals surface area (Å²) in [6.07, 6.45) is 1.75. The number of rotatable bonds is 7. The molecule has 0 atom stereocenters. The molecule has 3 rings (SSSR count). The molecule has 148 valence electrons. The second-order valence-electron chi connectivity index (χ2n) is 5.86. The van der Waals surface area contributed by atoms with E-state index < -0.39 is 0 Å². The smallest absolute Gasteiger partial charge is 0.167 e. The van der Waals surface area contributed by atoms with E-state index in [1.165, 1.54) is 11.3 Å². The third kappa shape index (κ3) is 4.18. The van der Waals surface area contributed by atoms with E-state index in [1.807, 2.05) is 35.7 Å². The van der Waals surface area contributed by atoms with Crippen molar-refractivity contribution in [2.75, 3.05) is 28.4 Å². The number of hydrogen-bond acceptors (Lipinski definition) is 7. The quantitative estimate of drug-likeness (QED) is 0.517. The van der Waals surface area contributed by atoms with Gasteiger partial charge in [-0.15, -0.1) is 11.3 Å². The first-order valence-corrected chi connectivity index (χ1v) is 9.54. The molecule has 29 heavy (non-hydrogen) atoms. The van der Waals surface area contributed by atoms with Crippen LogP contribution in [-0.2, 0) is 0 Å². The molecule has 0 spiro atoms. The molecule has 0 aliphatic rings. The standard InChI is InChI=1S/C22H20N2O4S/c1-25-18-9-8-14(11-20(18)27-3)17-13-29-22(24-17)16(12-23)10-15-6-5-7-19(26-2)21(15)28-4/h5-11,13H,1-4H3. The van der Waals surface area contributed by atoms with Gasteiger partial charge in [0.2, 0.25) is 0 Å². The second-order valence-corrected chi connectivity index (χ2v) is 6.72. The topological polar surface area (TPSA) is 73.6 Å². The van der Waals surface area contributed by atoms with E-state index in [4.69, 9.17) is 18.9 Å². The van der Waals surface area contributed by atoms with Crippen molar-refractivity contribution in [3.05, 3.63) is 52.3 Å². The van der Waals surface area contributed by atoms with Crippen molar-refractivity contribution >= 4 is 23.0 Å². The highest BCUT2D eigenvalue weighted by Crippen LogP contribution is 2.36. The van der Waals surface area contributed by atoms with Crippen LogP contribution in [0.5, 0.6) is 23.0 Å². The minimum absolute atomic E-state index is 0.438. The van der Waals surface area contributed by atoms with E-state index in [9.17, 15) is 5.26 Å². The number of benzene rings is 2. The lowest BCUT2D eigenvalue weighted by molar-refractivity contribution is 0.354. The molecule has 0 bridgehead atoms. The van der Waals surface area contributed by atoms with E-state index in [0.29, 0.717) is 33.6 Å². The monoisotopic (exact) mass is 408 g/mol. The number of thiazole rings is 1. The summed E-state index contributed by atoms with van der Waals surface area (Å²) in [4.78, 5) is 4.64. The third-order valence-corrected chi connectivity index (χ3v) is 5.14. The highest BCUT2D eigenvalue weighted by atomic mass is 32.1. The van der Waals surface area contributed by atoms with Crippen molar-refractivity contribution in [1.82, 2.24) is 4.98 Å². The van der Waals surface area contributed by atoms with Gasteiger partial charge < -0.3 is 18.9 Å². The van der Waals surface area contributed by atoms with Gasteiger partial charge in [0.1, 0.15) is 11.1 Å². The average Bonchev–Trinajstić information content (AvgIpc) is 3.26. The molecule has 0 saturated heterocycles. The van der Waals surface area contributed by atoms with Crippen molar-refractivity contribution < 1.29 is 18.9 Å². The maximum atomic E-state index is 9.70. The van der Waals surface area contributed by atoms with Crippen LogP contribution in [0.2, 0.25) is 0 Å². The third-order valence-electron chi connectivity index (χ3n) is 4.27. The van der Waals surface area contributed by atoms with Crippen LogP contribution in [0.1, 0.15) is 10.6 Å².